The summed E-state index contributed by atoms with van der Waals surface area (Å²) in [5.41, 5.74) is 3.72. The fourth-order valence-corrected chi connectivity index (χ4v) is 4.99. The van der Waals surface area contributed by atoms with Crippen molar-refractivity contribution < 1.29 is 9.53 Å². The number of hydrogen-bond acceptors (Lipinski definition) is 8. The standard InChI is InChI=1S/C24H27N7O2S/c1-14-20(34-23(25-4)27-14)18-7-8-26-22(30-18)28-16-5-6-17-15(11-16)12-19(29-17)21(32)31-9-10-33-24(2,3)13-31/h5-8,11-12,29H,9-10,13H2,1-4H3,(H,25,27)(H,26,28,30). The van der Waals surface area contributed by atoms with Crippen molar-refractivity contribution in [1.29, 1.82) is 0 Å². The maximum atomic E-state index is 13.1. The minimum absolute atomic E-state index is 0.0148. The molecule has 3 N–H and O–H groups in total. The van der Waals surface area contributed by atoms with Gasteiger partial charge >= 0.3 is 0 Å². The highest BCUT2D eigenvalue weighted by molar-refractivity contribution is 7.19. The highest BCUT2D eigenvalue weighted by Gasteiger charge is 2.31. The number of rotatable bonds is 5. The number of nitrogens with zero attached hydrogens (tertiary/aromatic N) is 4. The van der Waals surface area contributed by atoms with Crippen LogP contribution in [0, 0.1) is 6.92 Å². The Hall–Kier alpha value is -3.50. The summed E-state index contributed by atoms with van der Waals surface area (Å²) in [6.45, 7) is 7.68. The third-order valence-electron chi connectivity index (χ3n) is 5.72. The fourth-order valence-electron chi connectivity index (χ4n) is 4.10. The van der Waals surface area contributed by atoms with Crippen LogP contribution in [0.3, 0.4) is 0 Å². The van der Waals surface area contributed by atoms with Crippen LogP contribution in [0.4, 0.5) is 16.8 Å². The third kappa shape index (κ3) is 4.46. The van der Waals surface area contributed by atoms with E-state index >= 15 is 0 Å². The van der Waals surface area contributed by atoms with E-state index in [2.05, 4.69) is 30.6 Å². The Morgan fingerprint density at radius 3 is 2.85 bits per heavy atom. The van der Waals surface area contributed by atoms with Crippen LogP contribution in [-0.4, -0.2) is 63.1 Å². The normalized spacial score (nSPS) is 15.5. The van der Waals surface area contributed by atoms with Crippen molar-refractivity contribution in [2.75, 3.05) is 37.4 Å². The van der Waals surface area contributed by atoms with Gasteiger partial charge in [0.2, 0.25) is 5.95 Å². The molecule has 1 aromatic carbocycles. The van der Waals surface area contributed by atoms with Crippen LogP contribution in [0.2, 0.25) is 0 Å². The molecule has 0 aliphatic carbocycles. The van der Waals surface area contributed by atoms with Crippen LogP contribution in [0.15, 0.2) is 36.5 Å². The number of amides is 1. The molecule has 34 heavy (non-hydrogen) atoms. The van der Waals surface area contributed by atoms with E-state index < -0.39 is 0 Å². The lowest BCUT2D eigenvalue weighted by Gasteiger charge is -2.37. The van der Waals surface area contributed by atoms with Gasteiger partial charge in [-0.3, -0.25) is 4.79 Å². The summed E-state index contributed by atoms with van der Waals surface area (Å²) in [6.07, 6.45) is 1.73. The summed E-state index contributed by atoms with van der Waals surface area (Å²) >= 11 is 1.56. The molecule has 9 nitrogen and oxygen atoms in total. The SMILES string of the molecule is CNc1nc(C)c(-c2ccnc(Nc3ccc4[nH]c(C(=O)N5CCOC(C)(C)C5)cc4c3)n2)s1. The van der Waals surface area contributed by atoms with E-state index in [0.29, 0.717) is 31.3 Å². The molecule has 1 aliphatic rings. The van der Waals surface area contributed by atoms with Crippen molar-refractivity contribution in [3.63, 3.8) is 0 Å². The zero-order chi connectivity index (χ0) is 23.9. The first-order chi connectivity index (χ1) is 16.3. The topological polar surface area (TPSA) is 108 Å². The average Bonchev–Trinajstić information content (AvgIpc) is 3.41. The van der Waals surface area contributed by atoms with E-state index in [1.165, 1.54) is 0 Å². The number of thiazole rings is 1. The lowest BCUT2D eigenvalue weighted by molar-refractivity contribution is -0.0764. The van der Waals surface area contributed by atoms with Gasteiger partial charge in [-0.15, -0.1) is 0 Å². The van der Waals surface area contributed by atoms with E-state index in [9.17, 15) is 4.79 Å². The van der Waals surface area contributed by atoms with Gasteiger partial charge in [-0.25, -0.2) is 15.0 Å². The molecular weight excluding hydrogens is 450 g/mol. The van der Waals surface area contributed by atoms with E-state index in [0.717, 1.165) is 38.0 Å². The largest absolute Gasteiger partial charge is 0.372 e. The quantitative estimate of drug-likeness (QED) is 0.390. The van der Waals surface area contributed by atoms with Crippen molar-refractivity contribution in [2.45, 2.75) is 26.4 Å². The number of carbonyl (C=O) groups is 1. The van der Waals surface area contributed by atoms with Gasteiger partial charge in [0, 0.05) is 42.9 Å². The Morgan fingerprint density at radius 1 is 1.24 bits per heavy atom. The second-order valence-electron chi connectivity index (χ2n) is 8.89. The molecule has 0 saturated carbocycles. The number of aromatic amines is 1. The van der Waals surface area contributed by atoms with Gasteiger partial charge in [-0.05, 0) is 51.1 Å². The number of H-pyrrole nitrogens is 1. The molecule has 1 saturated heterocycles. The molecule has 0 unspecified atom stereocenters. The van der Waals surface area contributed by atoms with Crippen LogP contribution in [0.1, 0.15) is 30.0 Å². The van der Waals surface area contributed by atoms with E-state index in [1.807, 2.05) is 63.1 Å². The Labute approximate surface area is 201 Å². The van der Waals surface area contributed by atoms with Gasteiger partial charge in [0.05, 0.1) is 28.5 Å². The van der Waals surface area contributed by atoms with Crippen molar-refractivity contribution in [3.05, 3.63) is 47.9 Å². The molecule has 1 amide bonds. The Balaban J connectivity index is 1.36. The van der Waals surface area contributed by atoms with Crippen LogP contribution >= 0.6 is 11.3 Å². The number of fused-ring (bicyclic) bond motifs is 1. The highest BCUT2D eigenvalue weighted by Crippen LogP contribution is 2.32. The Morgan fingerprint density at radius 2 is 2.09 bits per heavy atom. The first-order valence-corrected chi connectivity index (χ1v) is 11.9. The first-order valence-electron chi connectivity index (χ1n) is 11.1. The molecule has 0 bridgehead atoms. The number of aromatic nitrogens is 4. The molecule has 0 spiro atoms. The maximum Gasteiger partial charge on any atom is 0.270 e. The predicted octanol–water partition coefficient (Wildman–Crippen LogP) is 4.43. The zero-order valence-electron chi connectivity index (χ0n) is 19.6. The lowest BCUT2D eigenvalue weighted by Crippen LogP contribution is -2.50. The molecule has 5 rings (SSSR count). The van der Waals surface area contributed by atoms with Gasteiger partial charge in [0.25, 0.3) is 5.91 Å². The second kappa shape index (κ2) is 8.69. The number of hydrogen-bond donors (Lipinski definition) is 3. The number of nitrogens with one attached hydrogen (secondary N) is 3. The number of morpholine rings is 1. The van der Waals surface area contributed by atoms with E-state index in [1.54, 1.807) is 17.5 Å². The van der Waals surface area contributed by atoms with Gasteiger partial charge in [0.1, 0.15) is 5.69 Å². The Kier molecular flexibility index (Phi) is 5.70. The molecule has 4 aromatic rings. The van der Waals surface area contributed by atoms with E-state index in [-0.39, 0.29) is 11.5 Å². The molecule has 3 aromatic heterocycles. The maximum absolute atomic E-state index is 13.1. The molecule has 10 heteroatoms. The first kappa shape index (κ1) is 22.3. The minimum atomic E-state index is -0.335. The van der Waals surface area contributed by atoms with Gasteiger partial charge < -0.3 is 25.3 Å². The third-order valence-corrected chi connectivity index (χ3v) is 6.92. The lowest BCUT2D eigenvalue weighted by atomic mass is 10.1. The number of carbonyl (C=O) groups excluding carboxylic acids is 1. The molecular formula is C24H27N7O2S. The zero-order valence-corrected chi connectivity index (χ0v) is 20.4. The van der Waals surface area contributed by atoms with Gasteiger partial charge in [-0.2, -0.15) is 0 Å². The van der Waals surface area contributed by atoms with Crippen molar-refractivity contribution in [1.82, 2.24) is 24.8 Å². The van der Waals surface area contributed by atoms with Crippen LogP contribution in [0.5, 0.6) is 0 Å². The molecule has 1 fully saturated rings. The van der Waals surface area contributed by atoms with Crippen LogP contribution in [0.25, 0.3) is 21.5 Å². The van der Waals surface area contributed by atoms with E-state index in [4.69, 9.17) is 4.74 Å². The van der Waals surface area contributed by atoms with Crippen LogP contribution < -0.4 is 10.6 Å². The summed E-state index contributed by atoms with van der Waals surface area (Å²) in [6, 6.07) is 9.65. The number of ether oxygens (including phenoxy) is 1. The minimum Gasteiger partial charge on any atom is -0.372 e. The second-order valence-corrected chi connectivity index (χ2v) is 9.89. The summed E-state index contributed by atoms with van der Waals surface area (Å²) in [4.78, 5) is 32.7. The monoisotopic (exact) mass is 477 g/mol. The molecule has 1 aliphatic heterocycles. The van der Waals surface area contributed by atoms with Crippen molar-refractivity contribution in [2.24, 2.45) is 0 Å². The average molecular weight is 478 g/mol. The van der Waals surface area contributed by atoms with Gasteiger partial charge in [0.15, 0.2) is 5.13 Å². The summed E-state index contributed by atoms with van der Waals surface area (Å²) < 4.78 is 5.73. The highest BCUT2D eigenvalue weighted by atomic mass is 32.1. The fraction of sp³-hybridized carbons (Fsp3) is 0.333. The van der Waals surface area contributed by atoms with Gasteiger partial charge in [-0.1, -0.05) is 11.3 Å². The smallest absolute Gasteiger partial charge is 0.270 e. The molecule has 0 atom stereocenters. The summed E-state index contributed by atoms with van der Waals surface area (Å²) in [5, 5.41) is 8.15. The molecule has 176 valence electrons. The number of anilines is 3. The van der Waals surface area contributed by atoms with Crippen LogP contribution in [-0.2, 0) is 4.74 Å². The predicted molar refractivity (Wildman–Crippen MR) is 135 cm³/mol. The summed E-state index contributed by atoms with van der Waals surface area (Å²) in [5.74, 6) is 0.483. The van der Waals surface area contributed by atoms with Crippen molar-refractivity contribution in [3.8, 4) is 10.6 Å². The molecule has 4 heterocycles. The van der Waals surface area contributed by atoms with Crippen molar-refractivity contribution >= 4 is 44.9 Å². The Bertz CT molecular complexity index is 1360. The molecule has 0 radical (unpaired) electrons. The summed E-state index contributed by atoms with van der Waals surface area (Å²) in [7, 11) is 1.85. The number of aryl methyl sites for hydroxylation is 1. The number of benzene rings is 1.